The van der Waals surface area contributed by atoms with Crippen LogP contribution in [0.25, 0.3) is 0 Å². The minimum atomic E-state index is -3.58. The monoisotopic (exact) mass is 282 g/mol. The van der Waals surface area contributed by atoms with E-state index in [1.807, 2.05) is 0 Å². The molecule has 102 valence electrons. The molecular formula is C12H14N2O4S. The van der Waals surface area contributed by atoms with E-state index in [1.165, 1.54) is 28.9 Å². The molecule has 1 spiro atoms. The summed E-state index contributed by atoms with van der Waals surface area (Å²) in [7, 11) is -3.58. The van der Waals surface area contributed by atoms with Gasteiger partial charge in [-0.25, -0.2) is 8.42 Å². The molecule has 1 heterocycles. The average Bonchev–Trinajstić information content (AvgIpc) is 2.25. The van der Waals surface area contributed by atoms with Crippen LogP contribution in [0.4, 0.5) is 5.69 Å². The van der Waals surface area contributed by atoms with Gasteiger partial charge in [-0.05, 0) is 24.3 Å². The molecule has 0 bridgehead atoms. The van der Waals surface area contributed by atoms with Crippen molar-refractivity contribution in [3.63, 3.8) is 0 Å². The molecule has 6 nitrogen and oxygen atoms in total. The van der Waals surface area contributed by atoms with Gasteiger partial charge in [0.2, 0.25) is 10.0 Å². The van der Waals surface area contributed by atoms with Crippen molar-refractivity contribution in [2.45, 2.75) is 24.2 Å². The van der Waals surface area contributed by atoms with Crippen LogP contribution in [0.3, 0.4) is 0 Å². The van der Waals surface area contributed by atoms with Gasteiger partial charge in [-0.1, -0.05) is 12.5 Å². The number of non-ortho nitro benzene ring substituents is 1. The van der Waals surface area contributed by atoms with Crippen molar-refractivity contribution in [3.05, 3.63) is 34.4 Å². The molecule has 1 aromatic rings. The summed E-state index contributed by atoms with van der Waals surface area (Å²) in [6, 6.07) is 5.24. The fourth-order valence-electron chi connectivity index (χ4n) is 2.77. The third-order valence-corrected chi connectivity index (χ3v) is 5.89. The van der Waals surface area contributed by atoms with Gasteiger partial charge < -0.3 is 0 Å². The summed E-state index contributed by atoms with van der Waals surface area (Å²) < 4.78 is 26.1. The maximum Gasteiger partial charge on any atom is 0.270 e. The second-order valence-electron chi connectivity index (χ2n) is 5.38. The molecule has 1 aliphatic heterocycles. The van der Waals surface area contributed by atoms with Crippen LogP contribution in [0, 0.1) is 15.5 Å². The third kappa shape index (κ3) is 1.93. The number of nitro benzene ring substituents is 1. The Labute approximate surface area is 111 Å². The maximum atomic E-state index is 12.3. The van der Waals surface area contributed by atoms with Crippen molar-refractivity contribution < 1.29 is 13.3 Å². The first-order valence-electron chi connectivity index (χ1n) is 6.18. The number of hydrogen-bond acceptors (Lipinski definition) is 4. The third-order valence-electron chi connectivity index (χ3n) is 4.10. The summed E-state index contributed by atoms with van der Waals surface area (Å²) in [6.45, 7) is 1.11. The first kappa shape index (κ1) is 12.6. The highest BCUT2D eigenvalue weighted by atomic mass is 32.2. The number of hydrogen-bond donors (Lipinski definition) is 0. The van der Waals surface area contributed by atoms with Crippen LogP contribution < -0.4 is 0 Å². The highest BCUT2D eigenvalue weighted by Crippen LogP contribution is 2.49. The summed E-state index contributed by atoms with van der Waals surface area (Å²) >= 11 is 0. The van der Waals surface area contributed by atoms with Crippen LogP contribution in [0.1, 0.15) is 19.3 Å². The zero-order chi connectivity index (χ0) is 13.7. The van der Waals surface area contributed by atoms with E-state index in [0.29, 0.717) is 13.1 Å². The van der Waals surface area contributed by atoms with Gasteiger partial charge in [-0.2, -0.15) is 4.31 Å². The summed E-state index contributed by atoms with van der Waals surface area (Å²) in [4.78, 5) is 10.1. The number of rotatable bonds is 3. The fraction of sp³-hybridized carbons (Fsp3) is 0.500. The predicted molar refractivity (Wildman–Crippen MR) is 68.1 cm³/mol. The van der Waals surface area contributed by atoms with Crippen LogP contribution in [0.15, 0.2) is 29.2 Å². The van der Waals surface area contributed by atoms with Gasteiger partial charge in [0.15, 0.2) is 0 Å². The van der Waals surface area contributed by atoms with E-state index in [1.54, 1.807) is 0 Å². The molecule has 0 unspecified atom stereocenters. The van der Waals surface area contributed by atoms with Crippen molar-refractivity contribution >= 4 is 15.7 Å². The van der Waals surface area contributed by atoms with Crippen molar-refractivity contribution in [1.29, 1.82) is 0 Å². The number of benzene rings is 1. The van der Waals surface area contributed by atoms with Crippen molar-refractivity contribution in [2.24, 2.45) is 5.41 Å². The second-order valence-corrected chi connectivity index (χ2v) is 7.32. The molecule has 1 saturated carbocycles. The molecule has 0 atom stereocenters. The topological polar surface area (TPSA) is 80.5 Å². The molecule has 3 rings (SSSR count). The van der Waals surface area contributed by atoms with E-state index >= 15 is 0 Å². The number of nitrogens with zero attached hydrogens (tertiary/aromatic N) is 2. The SMILES string of the molecule is O=[N+]([O-])c1cccc(S(=O)(=O)N2CC3(CCC3)C2)c1. The zero-order valence-electron chi connectivity index (χ0n) is 10.3. The van der Waals surface area contributed by atoms with Crippen molar-refractivity contribution in [3.8, 4) is 0 Å². The second kappa shape index (κ2) is 4.01. The molecule has 19 heavy (non-hydrogen) atoms. The van der Waals surface area contributed by atoms with Gasteiger partial charge in [0.25, 0.3) is 5.69 Å². The van der Waals surface area contributed by atoms with E-state index in [9.17, 15) is 18.5 Å². The van der Waals surface area contributed by atoms with E-state index < -0.39 is 14.9 Å². The van der Waals surface area contributed by atoms with Crippen LogP contribution in [-0.2, 0) is 10.0 Å². The Kier molecular flexibility index (Phi) is 2.65. The summed E-state index contributed by atoms with van der Waals surface area (Å²) in [5.74, 6) is 0. The van der Waals surface area contributed by atoms with Gasteiger partial charge in [0.1, 0.15) is 0 Å². The van der Waals surface area contributed by atoms with Crippen molar-refractivity contribution in [1.82, 2.24) is 4.31 Å². The Morgan fingerprint density at radius 2 is 1.95 bits per heavy atom. The van der Waals surface area contributed by atoms with Gasteiger partial charge >= 0.3 is 0 Å². The molecule has 7 heteroatoms. The van der Waals surface area contributed by atoms with Crippen LogP contribution >= 0.6 is 0 Å². The molecule has 0 radical (unpaired) electrons. The lowest BCUT2D eigenvalue weighted by molar-refractivity contribution is -0.385. The Morgan fingerprint density at radius 3 is 2.47 bits per heavy atom. The maximum absolute atomic E-state index is 12.3. The minimum absolute atomic E-state index is 0.0101. The first-order valence-corrected chi connectivity index (χ1v) is 7.62. The van der Waals surface area contributed by atoms with Crippen LogP contribution in [0.2, 0.25) is 0 Å². The highest BCUT2D eigenvalue weighted by molar-refractivity contribution is 7.89. The summed E-state index contributed by atoms with van der Waals surface area (Å²) in [5.41, 5.74) is 0.00768. The largest absolute Gasteiger partial charge is 0.270 e. The summed E-state index contributed by atoms with van der Waals surface area (Å²) in [5, 5.41) is 10.7. The first-order chi connectivity index (χ1) is 8.93. The van der Waals surface area contributed by atoms with E-state index in [4.69, 9.17) is 0 Å². The fourth-order valence-corrected chi connectivity index (χ4v) is 4.48. The molecule has 0 amide bonds. The molecule has 1 aliphatic carbocycles. The molecular weight excluding hydrogens is 268 g/mol. The van der Waals surface area contributed by atoms with Gasteiger partial charge in [0, 0.05) is 25.2 Å². The van der Waals surface area contributed by atoms with E-state index in [0.717, 1.165) is 18.9 Å². The Hall–Kier alpha value is -1.47. The lowest BCUT2D eigenvalue weighted by Crippen LogP contribution is -2.61. The molecule has 0 N–H and O–H groups in total. The molecule has 1 saturated heterocycles. The molecule has 0 aromatic heterocycles. The summed E-state index contributed by atoms with van der Waals surface area (Å²) in [6.07, 6.45) is 3.35. The quantitative estimate of drug-likeness (QED) is 0.625. The Balaban J connectivity index is 1.84. The standard InChI is InChI=1S/C12H14N2O4S/c15-14(16)10-3-1-4-11(7-10)19(17,18)13-8-12(9-13)5-2-6-12/h1,3-4,7H,2,5-6,8-9H2. The molecule has 2 fully saturated rings. The Morgan fingerprint density at radius 1 is 1.26 bits per heavy atom. The smallest absolute Gasteiger partial charge is 0.258 e. The average molecular weight is 282 g/mol. The highest BCUT2D eigenvalue weighted by Gasteiger charge is 2.51. The van der Waals surface area contributed by atoms with Crippen LogP contribution in [-0.4, -0.2) is 30.7 Å². The lowest BCUT2D eigenvalue weighted by Gasteiger charge is -2.54. The van der Waals surface area contributed by atoms with E-state index in [-0.39, 0.29) is 16.0 Å². The van der Waals surface area contributed by atoms with Gasteiger partial charge in [0.05, 0.1) is 9.82 Å². The molecule has 1 aromatic carbocycles. The van der Waals surface area contributed by atoms with Gasteiger partial charge in [-0.15, -0.1) is 0 Å². The van der Waals surface area contributed by atoms with Gasteiger partial charge in [-0.3, -0.25) is 10.1 Å². The van der Waals surface area contributed by atoms with Crippen molar-refractivity contribution in [2.75, 3.05) is 13.1 Å². The normalized spacial score (nSPS) is 21.7. The zero-order valence-corrected chi connectivity index (χ0v) is 11.1. The van der Waals surface area contributed by atoms with Crippen LogP contribution in [0.5, 0.6) is 0 Å². The predicted octanol–water partition coefficient (Wildman–Crippen LogP) is 1.77. The Bertz CT molecular complexity index is 629. The number of nitro groups is 1. The van der Waals surface area contributed by atoms with E-state index in [2.05, 4.69) is 0 Å². The lowest BCUT2D eigenvalue weighted by atomic mass is 9.65. The molecule has 2 aliphatic rings. The minimum Gasteiger partial charge on any atom is -0.258 e. The number of sulfonamides is 1.